The normalized spacial score (nSPS) is 12.5. The van der Waals surface area contributed by atoms with Gasteiger partial charge in [0, 0.05) is 19.0 Å². The van der Waals surface area contributed by atoms with Crippen LogP contribution in [0.3, 0.4) is 0 Å². The summed E-state index contributed by atoms with van der Waals surface area (Å²) in [5.74, 6) is -0.315. The van der Waals surface area contributed by atoms with E-state index in [1.165, 1.54) is 6.07 Å². The van der Waals surface area contributed by atoms with Crippen LogP contribution in [0.4, 0.5) is 4.39 Å². The van der Waals surface area contributed by atoms with Crippen LogP contribution in [-0.2, 0) is 0 Å². The molecule has 0 aliphatic carbocycles. The van der Waals surface area contributed by atoms with Gasteiger partial charge in [-0.2, -0.15) is 0 Å². The topological polar surface area (TPSA) is 0 Å². The van der Waals surface area contributed by atoms with E-state index in [0.29, 0.717) is 5.56 Å². The lowest BCUT2D eigenvalue weighted by Crippen LogP contribution is -1.98. The molecule has 0 spiro atoms. The summed E-state index contributed by atoms with van der Waals surface area (Å²) in [7, 11) is 0. The number of alkyl halides is 1. The largest absolute Gasteiger partial charge is 0.207 e. The summed E-state index contributed by atoms with van der Waals surface area (Å²) in [6.07, 6.45) is 0. The fraction of sp³-hybridized carbons (Fsp3) is 0.0769. The first-order valence-electron chi connectivity index (χ1n) is 5.03. The molecule has 94 valence electrons. The van der Waals surface area contributed by atoms with E-state index in [0.717, 1.165) is 19.0 Å². The first-order chi connectivity index (χ1) is 8.49. The van der Waals surface area contributed by atoms with E-state index in [1.54, 1.807) is 12.1 Å². The van der Waals surface area contributed by atoms with Gasteiger partial charge in [0.05, 0.1) is 5.38 Å². The van der Waals surface area contributed by atoms with Crippen molar-refractivity contribution in [2.24, 2.45) is 0 Å². The summed E-state index contributed by atoms with van der Waals surface area (Å²) in [5, 5.41) is -0.547. The predicted octanol–water partition coefficient (Wildman–Crippen LogP) is 6.44. The molecule has 0 saturated heterocycles. The Kier molecular flexibility index (Phi) is 4.86. The van der Waals surface area contributed by atoms with Crippen LogP contribution in [0, 0.1) is 5.82 Å². The van der Waals surface area contributed by atoms with Gasteiger partial charge in [0.15, 0.2) is 0 Å². The molecule has 0 heterocycles. The van der Waals surface area contributed by atoms with Gasteiger partial charge < -0.3 is 0 Å². The third-order valence-electron chi connectivity index (χ3n) is 2.46. The van der Waals surface area contributed by atoms with Crippen LogP contribution in [0.1, 0.15) is 16.5 Å². The van der Waals surface area contributed by atoms with Crippen LogP contribution in [-0.4, -0.2) is 0 Å². The second-order valence-corrected chi connectivity index (χ2v) is 6.82. The fourth-order valence-electron chi connectivity index (χ4n) is 1.59. The predicted molar refractivity (Wildman–Crippen MR) is 83.6 cm³/mol. The Morgan fingerprint density at radius 3 is 2.11 bits per heavy atom. The summed E-state index contributed by atoms with van der Waals surface area (Å²) in [6, 6.07) is 10.4. The van der Waals surface area contributed by atoms with Crippen LogP contribution in [0.5, 0.6) is 0 Å². The molecule has 0 aromatic heterocycles. The van der Waals surface area contributed by atoms with Gasteiger partial charge in [-0.1, -0.05) is 47.8 Å². The molecule has 0 amide bonds. The molecule has 0 fully saturated rings. The van der Waals surface area contributed by atoms with Gasteiger partial charge in [-0.15, -0.1) is 11.6 Å². The molecule has 18 heavy (non-hydrogen) atoms. The van der Waals surface area contributed by atoms with E-state index in [-0.39, 0.29) is 5.82 Å². The minimum Gasteiger partial charge on any atom is -0.207 e. The highest BCUT2D eigenvalue weighted by molar-refractivity contribution is 9.11. The van der Waals surface area contributed by atoms with Crippen molar-refractivity contribution in [3.05, 3.63) is 66.8 Å². The number of benzene rings is 2. The van der Waals surface area contributed by atoms with Crippen LogP contribution in [0.15, 0.2) is 49.8 Å². The lowest BCUT2D eigenvalue weighted by molar-refractivity contribution is 0.612. The van der Waals surface area contributed by atoms with E-state index >= 15 is 0 Å². The zero-order valence-electron chi connectivity index (χ0n) is 8.93. The summed E-state index contributed by atoms with van der Waals surface area (Å²) < 4.78 is 16.4. The average molecular weight is 457 g/mol. The Bertz CT molecular complexity index is 535. The molecule has 2 aromatic rings. The lowest BCUT2D eigenvalue weighted by Gasteiger charge is -2.14. The van der Waals surface area contributed by atoms with Gasteiger partial charge in [-0.25, -0.2) is 4.39 Å². The third-order valence-corrected chi connectivity index (χ3v) is 4.64. The van der Waals surface area contributed by atoms with Crippen molar-refractivity contribution in [3.8, 4) is 0 Å². The second kappa shape index (κ2) is 6.04. The maximum atomic E-state index is 13.8. The highest BCUT2D eigenvalue weighted by Gasteiger charge is 2.18. The van der Waals surface area contributed by atoms with Gasteiger partial charge in [-0.05, 0) is 42.0 Å². The summed E-state index contributed by atoms with van der Waals surface area (Å²) in [6.45, 7) is 0. The maximum absolute atomic E-state index is 13.8. The zero-order chi connectivity index (χ0) is 13.3. The zero-order valence-corrected chi connectivity index (χ0v) is 14.4. The van der Waals surface area contributed by atoms with Crippen molar-refractivity contribution in [2.75, 3.05) is 0 Å². The standard InChI is InChI=1S/C13H7Br3ClF/c14-7-1-3-11(16)9(5-7)13(17)10-6-8(15)2-4-12(10)18/h1-6,13H. The Morgan fingerprint density at radius 2 is 1.44 bits per heavy atom. The SMILES string of the molecule is Fc1ccc(Br)cc1C(Cl)c1cc(Br)ccc1Br. The van der Waals surface area contributed by atoms with Gasteiger partial charge in [0.2, 0.25) is 0 Å². The van der Waals surface area contributed by atoms with Crippen molar-refractivity contribution in [2.45, 2.75) is 5.38 Å². The molecule has 0 bridgehead atoms. The average Bonchev–Trinajstić information content (AvgIpc) is 2.34. The summed E-state index contributed by atoms with van der Waals surface area (Å²) in [4.78, 5) is 0. The van der Waals surface area contributed by atoms with E-state index in [4.69, 9.17) is 11.6 Å². The minimum absolute atomic E-state index is 0.315. The highest BCUT2D eigenvalue weighted by atomic mass is 79.9. The molecule has 0 N–H and O–H groups in total. The highest BCUT2D eigenvalue weighted by Crippen LogP contribution is 2.37. The monoisotopic (exact) mass is 454 g/mol. The molecular weight excluding hydrogens is 450 g/mol. The van der Waals surface area contributed by atoms with Gasteiger partial charge in [0.1, 0.15) is 5.82 Å². The van der Waals surface area contributed by atoms with E-state index in [1.807, 2.05) is 18.2 Å². The van der Waals surface area contributed by atoms with Crippen LogP contribution >= 0.6 is 59.4 Å². The smallest absolute Gasteiger partial charge is 0.128 e. The molecule has 0 nitrogen and oxygen atoms in total. The quantitative estimate of drug-likeness (QED) is 0.456. The maximum Gasteiger partial charge on any atom is 0.128 e. The fourth-order valence-corrected chi connectivity index (χ4v) is 3.30. The Hall–Kier alpha value is 0.1000. The molecule has 1 atom stereocenters. The van der Waals surface area contributed by atoms with Crippen LogP contribution in [0.25, 0.3) is 0 Å². The van der Waals surface area contributed by atoms with Crippen LogP contribution < -0.4 is 0 Å². The van der Waals surface area contributed by atoms with Gasteiger partial charge >= 0.3 is 0 Å². The van der Waals surface area contributed by atoms with Crippen molar-refractivity contribution in [1.82, 2.24) is 0 Å². The van der Waals surface area contributed by atoms with Crippen molar-refractivity contribution >= 4 is 59.4 Å². The van der Waals surface area contributed by atoms with Crippen molar-refractivity contribution < 1.29 is 4.39 Å². The molecule has 0 aliphatic heterocycles. The Morgan fingerprint density at radius 1 is 0.889 bits per heavy atom. The van der Waals surface area contributed by atoms with E-state index in [9.17, 15) is 4.39 Å². The van der Waals surface area contributed by atoms with E-state index < -0.39 is 5.38 Å². The Balaban J connectivity index is 2.50. The lowest BCUT2D eigenvalue weighted by atomic mass is 10.0. The molecule has 1 unspecified atom stereocenters. The summed E-state index contributed by atoms with van der Waals surface area (Å²) >= 11 is 16.5. The third kappa shape index (κ3) is 3.16. The van der Waals surface area contributed by atoms with Gasteiger partial charge in [-0.3, -0.25) is 0 Å². The molecule has 0 radical (unpaired) electrons. The van der Waals surface area contributed by atoms with Gasteiger partial charge in [0.25, 0.3) is 0 Å². The van der Waals surface area contributed by atoms with E-state index in [2.05, 4.69) is 47.8 Å². The van der Waals surface area contributed by atoms with Crippen molar-refractivity contribution in [1.29, 1.82) is 0 Å². The molecule has 5 heteroatoms. The molecule has 2 aromatic carbocycles. The van der Waals surface area contributed by atoms with Crippen LogP contribution in [0.2, 0.25) is 0 Å². The Labute approximate surface area is 135 Å². The second-order valence-electron chi connectivity index (χ2n) is 3.69. The van der Waals surface area contributed by atoms with Crippen molar-refractivity contribution in [3.63, 3.8) is 0 Å². The first-order valence-corrected chi connectivity index (χ1v) is 7.84. The number of hydrogen-bond acceptors (Lipinski definition) is 0. The molecule has 0 aliphatic rings. The molecular formula is C13H7Br3ClF. The number of hydrogen-bond donors (Lipinski definition) is 0. The minimum atomic E-state index is -0.547. The molecule has 2 rings (SSSR count). The number of halogens is 5. The first kappa shape index (κ1) is 14.5. The number of rotatable bonds is 2. The summed E-state index contributed by atoms with van der Waals surface area (Å²) in [5.41, 5.74) is 1.27. The molecule has 0 saturated carbocycles.